The Morgan fingerprint density at radius 2 is 2.43 bits per heavy atom. The van der Waals surface area contributed by atoms with Crippen LogP contribution in [0, 0.1) is 5.41 Å². The standard InChI is InChI=1S/C15H18ClN3OS/c1-2-5-15(6-7-17-8-15)14(20)19-12-10(16)3-4-11-13(12)18-9-21-11/h3-4,9,17H,2,5-8H2,1H3,(H,19,20). The molecule has 1 aromatic heterocycles. The first-order chi connectivity index (χ1) is 10.2. The second-order valence-corrected chi connectivity index (χ2v) is 6.83. The predicted molar refractivity (Wildman–Crippen MR) is 88.1 cm³/mol. The number of rotatable bonds is 4. The lowest BCUT2D eigenvalue weighted by atomic mass is 9.81. The fourth-order valence-electron chi connectivity index (χ4n) is 3.01. The summed E-state index contributed by atoms with van der Waals surface area (Å²) >= 11 is 7.81. The highest BCUT2D eigenvalue weighted by atomic mass is 35.5. The van der Waals surface area contributed by atoms with Crippen LogP contribution in [0.1, 0.15) is 26.2 Å². The van der Waals surface area contributed by atoms with Crippen LogP contribution in [0.15, 0.2) is 17.6 Å². The third-order valence-electron chi connectivity index (χ3n) is 4.14. The highest BCUT2D eigenvalue weighted by Gasteiger charge is 2.40. The van der Waals surface area contributed by atoms with Gasteiger partial charge >= 0.3 is 0 Å². The van der Waals surface area contributed by atoms with E-state index in [2.05, 4.69) is 22.5 Å². The van der Waals surface area contributed by atoms with Crippen molar-refractivity contribution >= 4 is 44.7 Å². The van der Waals surface area contributed by atoms with Crippen molar-refractivity contribution in [2.24, 2.45) is 5.41 Å². The third-order valence-corrected chi connectivity index (χ3v) is 5.25. The van der Waals surface area contributed by atoms with Crippen LogP contribution >= 0.6 is 22.9 Å². The van der Waals surface area contributed by atoms with Crippen molar-refractivity contribution in [2.45, 2.75) is 26.2 Å². The quantitative estimate of drug-likeness (QED) is 0.902. The van der Waals surface area contributed by atoms with Gasteiger partial charge in [0.1, 0.15) is 5.52 Å². The second kappa shape index (κ2) is 5.91. The van der Waals surface area contributed by atoms with Gasteiger partial charge in [-0.1, -0.05) is 24.9 Å². The van der Waals surface area contributed by atoms with Gasteiger partial charge in [-0.2, -0.15) is 0 Å². The minimum Gasteiger partial charge on any atom is -0.322 e. The smallest absolute Gasteiger partial charge is 0.232 e. The van der Waals surface area contributed by atoms with Crippen molar-refractivity contribution in [3.8, 4) is 0 Å². The van der Waals surface area contributed by atoms with E-state index in [0.29, 0.717) is 10.7 Å². The molecule has 2 N–H and O–H groups in total. The molecule has 1 aromatic carbocycles. The lowest BCUT2D eigenvalue weighted by Gasteiger charge is -2.26. The van der Waals surface area contributed by atoms with Crippen molar-refractivity contribution in [3.63, 3.8) is 0 Å². The van der Waals surface area contributed by atoms with E-state index < -0.39 is 0 Å². The first kappa shape index (κ1) is 14.8. The average Bonchev–Trinajstić information content (AvgIpc) is 3.11. The van der Waals surface area contributed by atoms with Crippen LogP contribution in [-0.2, 0) is 4.79 Å². The van der Waals surface area contributed by atoms with Crippen molar-refractivity contribution in [2.75, 3.05) is 18.4 Å². The molecule has 2 heterocycles. The van der Waals surface area contributed by atoms with Crippen molar-refractivity contribution < 1.29 is 4.79 Å². The largest absolute Gasteiger partial charge is 0.322 e. The second-order valence-electron chi connectivity index (χ2n) is 5.53. The molecule has 1 atom stereocenters. The fraction of sp³-hybridized carbons (Fsp3) is 0.467. The maximum atomic E-state index is 12.8. The first-order valence-corrected chi connectivity index (χ1v) is 8.46. The topological polar surface area (TPSA) is 54.0 Å². The number of nitrogens with zero attached hydrogens (tertiary/aromatic N) is 1. The monoisotopic (exact) mass is 323 g/mol. The molecule has 0 spiro atoms. The fourth-order valence-corrected chi connectivity index (χ4v) is 3.90. The van der Waals surface area contributed by atoms with E-state index in [4.69, 9.17) is 11.6 Å². The molecule has 1 amide bonds. The maximum absolute atomic E-state index is 12.8. The van der Waals surface area contributed by atoms with Crippen molar-refractivity contribution in [1.82, 2.24) is 10.3 Å². The lowest BCUT2D eigenvalue weighted by molar-refractivity contribution is -0.125. The molecule has 1 aliphatic rings. The molecule has 1 fully saturated rings. The summed E-state index contributed by atoms with van der Waals surface area (Å²) in [5.41, 5.74) is 2.87. The van der Waals surface area contributed by atoms with E-state index in [1.807, 2.05) is 12.1 Å². The average molecular weight is 324 g/mol. The summed E-state index contributed by atoms with van der Waals surface area (Å²) in [6, 6.07) is 3.75. The van der Waals surface area contributed by atoms with Gasteiger partial charge in [0.25, 0.3) is 0 Å². The molecule has 112 valence electrons. The molecule has 21 heavy (non-hydrogen) atoms. The Kier molecular flexibility index (Phi) is 4.15. The van der Waals surface area contributed by atoms with Gasteiger partial charge in [-0.05, 0) is 31.5 Å². The number of thiazole rings is 1. The molecule has 0 radical (unpaired) electrons. The Morgan fingerprint density at radius 1 is 1.57 bits per heavy atom. The van der Waals surface area contributed by atoms with Crippen LogP contribution in [0.2, 0.25) is 5.02 Å². The zero-order valence-electron chi connectivity index (χ0n) is 11.9. The number of nitrogens with one attached hydrogen (secondary N) is 2. The van der Waals surface area contributed by atoms with Gasteiger partial charge in [0, 0.05) is 6.54 Å². The van der Waals surface area contributed by atoms with Crippen molar-refractivity contribution in [1.29, 1.82) is 0 Å². The Labute approximate surface area is 132 Å². The number of aromatic nitrogens is 1. The van der Waals surface area contributed by atoms with Crippen LogP contribution in [-0.4, -0.2) is 24.0 Å². The number of halogens is 1. The van der Waals surface area contributed by atoms with Crippen LogP contribution < -0.4 is 10.6 Å². The highest BCUT2D eigenvalue weighted by molar-refractivity contribution is 7.16. The van der Waals surface area contributed by atoms with Gasteiger partial charge in [-0.25, -0.2) is 4.98 Å². The van der Waals surface area contributed by atoms with Crippen LogP contribution in [0.4, 0.5) is 5.69 Å². The van der Waals surface area contributed by atoms with Gasteiger partial charge in [-0.3, -0.25) is 4.79 Å². The van der Waals surface area contributed by atoms with E-state index >= 15 is 0 Å². The van der Waals surface area contributed by atoms with Gasteiger partial charge in [0.05, 0.1) is 26.3 Å². The summed E-state index contributed by atoms with van der Waals surface area (Å²) in [7, 11) is 0. The molecular weight excluding hydrogens is 306 g/mol. The molecule has 4 nitrogen and oxygen atoms in total. The van der Waals surface area contributed by atoms with Crippen molar-refractivity contribution in [3.05, 3.63) is 22.7 Å². The molecule has 1 saturated heterocycles. The molecule has 1 aliphatic heterocycles. The maximum Gasteiger partial charge on any atom is 0.232 e. The van der Waals surface area contributed by atoms with Gasteiger partial charge < -0.3 is 10.6 Å². The number of anilines is 1. The van der Waals surface area contributed by atoms with Crippen LogP contribution in [0.5, 0.6) is 0 Å². The Hall–Kier alpha value is -1.17. The number of carbonyl (C=O) groups excluding carboxylic acids is 1. The molecule has 1 unspecified atom stereocenters. The third kappa shape index (κ3) is 2.65. The number of benzene rings is 1. The zero-order valence-corrected chi connectivity index (χ0v) is 13.5. The van der Waals surface area contributed by atoms with Crippen LogP contribution in [0.25, 0.3) is 10.2 Å². The summed E-state index contributed by atoms with van der Waals surface area (Å²) < 4.78 is 1.03. The number of hydrogen-bond donors (Lipinski definition) is 2. The number of hydrogen-bond acceptors (Lipinski definition) is 4. The van der Waals surface area contributed by atoms with Gasteiger partial charge in [0.15, 0.2) is 0 Å². The predicted octanol–water partition coefficient (Wildman–Crippen LogP) is 3.67. The summed E-state index contributed by atoms with van der Waals surface area (Å²) in [6.45, 7) is 3.74. The summed E-state index contributed by atoms with van der Waals surface area (Å²) in [5.74, 6) is 0.0525. The van der Waals surface area contributed by atoms with E-state index in [1.54, 1.807) is 16.8 Å². The van der Waals surface area contributed by atoms with E-state index in [0.717, 1.165) is 42.6 Å². The SMILES string of the molecule is CCCC1(C(=O)Nc2c(Cl)ccc3scnc23)CCNC1. The first-order valence-electron chi connectivity index (χ1n) is 7.20. The lowest BCUT2D eigenvalue weighted by Crippen LogP contribution is -2.38. The minimum atomic E-state index is -0.323. The zero-order chi connectivity index (χ0) is 14.9. The highest BCUT2D eigenvalue weighted by Crippen LogP contribution is 2.36. The summed E-state index contributed by atoms with van der Waals surface area (Å²) in [4.78, 5) is 17.1. The van der Waals surface area contributed by atoms with Gasteiger partial charge in [0.2, 0.25) is 5.91 Å². The molecular formula is C15H18ClN3OS. The Balaban J connectivity index is 1.92. The minimum absolute atomic E-state index is 0.0525. The molecule has 3 rings (SSSR count). The van der Waals surface area contributed by atoms with Gasteiger partial charge in [-0.15, -0.1) is 11.3 Å². The molecule has 0 aliphatic carbocycles. The molecule has 2 aromatic rings. The van der Waals surface area contributed by atoms with E-state index in [1.165, 1.54) is 0 Å². The molecule has 0 bridgehead atoms. The van der Waals surface area contributed by atoms with E-state index in [9.17, 15) is 4.79 Å². The number of carbonyl (C=O) groups is 1. The van der Waals surface area contributed by atoms with Crippen LogP contribution in [0.3, 0.4) is 0 Å². The summed E-state index contributed by atoms with van der Waals surface area (Å²) in [6.07, 6.45) is 2.75. The molecule has 6 heteroatoms. The molecule has 0 saturated carbocycles. The normalized spacial score (nSPS) is 21.8. The van der Waals surface area contributed by atoms with E-state index in [-0.39, 0.29) is 11.3 Å². The Bertz CT molecular complexity index is 664. The Morgan fingerprint density at radius 3 is 3.14 bits per heavy atom. The number of fused-ring (bicyclic) bond motifs is 1. The summed E-state index contributed by atoms with van der Waals surface area (Å²) in [5, 5.41) is 6.89. The number of amides is 1.